The highest BCUT2D eigenvalue weighted by molar-refractivity contribution is 5.81. The molecule has 0 atom stereocenters. The van der Waals surface area contributed by atoms with Crippen LogP contribution in [-0.2, 0) is 0 Å². The molecule has 7 heteroatoms. The zero-order valence-corrected chi connectivity index (χ0v) is 12.6. The summed E-state index contributed by atoms with van der Waals surface area (Å²) in [6, 6.07) is 8.50. The van der Waals surface area contributed by atoms with Crippen LogP contribution in [0.25, 0.3) is 33.9 Å². The van der Waals surface area contributed by atoms with Crippen molar-refractivity contribution in [3.8, 4) is 28.7 Å². The lowest BCUT2D eigenvalue weighted by Gasteiger charge is -2.02. The van der Waals surface area contributed by atoms with Crippen molar-refractivity contribution in [1.82, 2.24) is 15.2 Å². The van der Waals surface area contributed by atoms with Gasteiger partial charge in [-0.15, -0.1) is 10.2 Å². The van der Waals surface area contributed by atoms with Gasteiger partial charge in [-0.2, -0.15) is 0 Å². The first kappa shape index (κ1) is 14.1. The van der Waals surface area contributed by atoms with Gasteiger partial charge in [0.25, 0.3) is 5.89 Å². The number of rotatable bonds is 3. The van der Waals surface area contributed by atoms with Gasteiger partial charge in [0.1, 0.15) is 23.2 Å². The van der Waals surface area contributed by atoms with Gasteiger partial charge in [-0.1, -0.05) is 0 Å². The van der Waals surface area contributed by atoms with Gasteiger partial charge in [-0.3, -0.25) is 9.78 Å². The Labute approximate surface area is 135 Å². The minimum Gasteiger partial charge on any atom is -0.497 e. The van der Waals surface area contributed by atoms with E-state index in [2.05, 4.69) is 15.2 Å². The largest absolute Gasteiger partial charge is 0.497 e. The molecule has 0 aliphatic carbocycles. The summed E-state index contributed by atoms with van der Waals surface area (Å²) in [4.78, 5) is 16.6. The quantitative estimate of drug-likeness (QED) is 0.573. The third-order valence-corrected chi connectivity index (χ3v) is 3.56. The molecule has 1 aromatic carbocycles. The number of nitrogens with zero attached hydrogens (tertiary/aromatic N) is 3. The van der Waals surface area contributed by atoms with E-state index in [0.717, 1.165) is 5.56 Å². The Kier molecular flexibility index (Phi) is 3.31. The van der Waals surface area contributed by atoms with Crippen molar-refractivity contribution in [2.24, 2.45) is 0 Å². The van der Waals surface area contributed by atoms with Crippen LogP contribution < -0.4 is 10.2 Å². The number of aromatic nitrogens is 3. The van der Waals surface area contributed by atoms with Gasteiger partial charge in [0.05, 0.1) is 12.5 Å². The molecule has 0 bridgehead atoms. The molecular weight excluding hydrogens is 310 g/mol. The van der Waals surface area contributed by atoms with Crippen LogP contribution >= 0.6 is 0 Å². The molecule has 7 nitrogen and oxygen atoms in total. The standard InChI is InChI=1S/C17H11N3O4/c1-22-11-2-3-14-12(8-11)15(21)13(9-23-14)17-20-19-16(24-17)10-4-6-18-7-5-10/h2-9H,1H3. The van der Waals surface area contributed by atoms with Crippen molar-refractivity contribution in [3.63, 3.8) is 0 Å². The smallest absolute Gasteiger partial charge is 0.255 e. The summed E-state index contributed by atoms with van der Waals surface area (Å²) >= 11 is 0. The summed E-state index contributed by atoms with van der Waals surface area (Å²) in [7, 11) is 1.53. The fraction of sp³-hybridized carbons (Fsp3) is 0.0588. The molecule has 118 valence electrons. The lowest BCUT2D eigenvalue weighted by molar-refractivity contribution is 0.415. The van der Waals surface area contributed by atoms with E-state index >= 15 is 0 Å². The van der Waals surface area contributed by atoms with Gasteiger partial charge < -0.3 is 13.6 Å². The Balaban J connectivity index is 1.84. The highest BCUT2D eigenvalue weighted by Crippen LogP contribution is 2.24. The Morgan fingerprint density at radius 2 is 1.83 bits per heavy atom. The normalized spacial score (nSPS) is 10.9. The van der Waals surface area contributed by atoms with Crippen LogP contribution in [0.15, 0.2) is 62.6 Å². The number of methoxy groups -OCH3 is 1. The van der Waals surface area contributed by atoms with Crippen molar-refractivity contribution < 1.29 is 13.6 Å². The van der Waals surface area contributed by atoms with Crippen LogP contribution in [0.2, 0.25) is 0 Å². The highest BCUT2D eigenvalue weighted by atomic mass is 16.5. The van der Waals surface area contributed by atoms with Crippen LogP contribution in [0.4, 0.5) is 0 Å². The molecule has 0 aliphatic heterocycles. The van der Waals surface area contributed by atoms with Crippen LogP contribution in [0, 0.1) is 0 Å². The van der Waals surface area contributed by atoms with Gasteiger partial charge in [0.15, 0.2) is 0 Å². The second-order valence-corrected chi connectivity index (χ2v) is 4.99. The van der Waals surface area contributed by atoms with Crippen LogP contribution in [0.5, 0.6) is 5.75 Å². The Hall–Kier alpha value is -3.48. The second kappa shape index (κ2) is 5.62. The minimum atomic E-state index is -0.264. The van der Waals surface area contributed by atoms with Crippen LogP contribution in [-0.4, -0.2) is 22.3 Å². The first-order chi connectivity index (χ1) is 11.8. The minimum absolute atomic E-state index is 0.0975. The monoisotopic (exact) mass is 321 g/mol. The highest BCUT2D eigenvalue weighted by Gasteiger charge is 2.16. The fourth-order valence-electron chi connectivity index (χ4n) is 2.33. The molecule has 24 heavy (non-hydrogen) atoms. The first-order valence-electron chi connectivity index (χ1n) is 7.10. The number of fused-ring (bicyclic) bond motifs is 1. The lowest BCUT2D eigenvalue weighted by Crippen LogP contribution is -2.05. The topological polar surface area (TPSA) is 91.2 Å². The molecule has 4 rings (SSSR count). The molecule has 0 fully saturated rings. The summed E-state index contributed by atoms with van der Waals surface area (Å²) in [5.41, 5.74) is 1.11. The molecular formula is C17H11N3O4. The van der Waals surface area contributed by atoms with Gasteiger partial charge in [-0.05, 0) is 30.3 Å². The van der Waals surface area contributed by atoms with Crippen molar-refractivity contribution in [1.29, 1.82) is 0 Å². The molecule has 3 heterocycles. The van der Waals surface area contributed by atoms with E-state index in [1.807, 2.05) is 0 Å². The number of ether oxygens (including phenoxy) is 1. The third-order valence-electron chi connectivity index (χ3n) is 3.56. The number of benzene rings is 1. The maximum Gasteiger partial charge on any atom is 0.255 e. The van der Waals surface area contributed by atoms with E-state index in [0.29, 0.717) is 22.6 Å². The summed E-state index contributed by atoms with van der Waals surface area (Å²) in [5, 5.41) is 8.30. The molecule has 0 radical (unpaired) electrons. The van der Waals surface area contributed by atoms with E-state index in [1.165, 1.54) is 13.4 Å². The predicted octanol–water partition coefficient (Wildman–Crippen LogP) is 2.91. The van der Waals surface area contributed by atoms with Gasteiger partial charge in [-0.25, -0.2) is 0 Å². The van der Waals surface area contributed by atoms with E-state index in [9.17, 15) is 4.79 Å². The molecule has 0 aliphatic rings. The van der Waals surface area contributed by atoms with Crippen molar-refractivity contribution in [3.05, 3.63) is 59.2 Å². The van der Waals surface area contributed by atoms with E-state index in [-0.39, 0.29) is 16.9 Å². The maximum atomic E-state index is 12.7. The fourth-order valence-corrected chi connectivity index (χ4v) is 2.33. The molecule has 0 saturated carbocycles. The molecule has 4 aromatic rings. The van der Waals surface area contributed by atoms with Crippen LogP contribution in [0.1, 0.15) is 0 Å². The van der Waals surface area contributed by atoms with Crippen molar-refractivity contribution in [2.45, 2.75) is 0 Å². The predicted molar refractivity (Wildman–Crippen MR) is 85.6 cm³/mol. The number of hydrogen-bond donors (Lipinski definition) is 0. The number of hydrogen-bond acceptors (Lipinski definition) is 7. The van der Waals surface area contributed by atoms with Gasteiger partial charge >= 0.3 is 0 Å². The Morgan fingerprint density at radius 1 is 1.04 bits per heavy atom. The first-order valence-corrected chi connectivity index (χ1v) is 7.10. The molecule has 0 N–H and O–H groups in total. The van der Waals surface area contributed by atoms with E-state index < -0.39 is 0 Å². The van der Waals surface area contributed by atoms with E-state index in [1.54, 1.807) is 42.7 Å². The summed E-state index contributed by atoms with van der Waals surface area (Å²) < 4.78 is 16.2. The van der Waals surface area contributed by atoms with Gasteiger partial charge in [0.2, 0.25) is 11.3 Å². The summed E-state index contributed by atoms with van der Waals surface area (Å²) in [6.07, 6.45) is 4.56. The molecule has 0 unspecified atom stereocenters. The molecule has 0 saturated heterocycles. The lowest BCUT2D eigenvalue weighted by atomic mass is 10.1. The zero-order chi connectivity index (χ0) is 16.5. The summed E-state index contributed by atoms with van der Waals surface area (Å²) in [6.45, 7) is 0. The van der Waals surface area contributed by atoms with Crippen molar-refractivity contribution in [2.75, 3.05) is 7.11 Å². The zero-order valence-electron chi connectivity index (χ0n) is 12.6. The summed E-state index contributed by atoms with van der Waals surface area (Å²) in [5.74, 6) is 0.966. The van der Waals surface area contributed by atoms with E-state index in [4.69, 9.17) is 13.6 Å². The maximum absolute atomic E-state index is 12.7. The van der Waals surface area contributed by atoms with Crippen molar-refractivity contribution >= 4 is 11.0 Å². The molecule has 0 spiro atoms. The average molecular weight is 321 g/mol. The Morgan fingerprint density at radius 3 is 2.62 bits per heavy atom. The SMILES string of the molecule is COc1ccc2occ(-c3nnc(-c4ccncc4)o3)c(=O)c2c1. The number of pyridine rings is 1. The molecule has 0 amide bonds. The van der Waals surface area contributed by atoms with Crippen LogP contribution in [0.3, 0.4) is 0 Å². The second-order valence-electron chi connectivity index (χ2n) is 4.99. The average Bonchev–Trinajstić information content (AvgIpc) is 3.12. The van der Waals surface area contributed by atoms with Gasteiger partial charge in [0, 0.05) is 18.0 Å². The third kappa shape index (κ3) is 2.32. The Bertz CT molecular complexity index is 1070. The molecule has 3 aromatic heterocycles.